The number of alkyl halides is 3. The van der Waals surface area contributed by atoms with Gasteiger partial charge in [0.25, 0.3) is 0 Å². The first-order valence-electron chi connectivity index (χ1n) is 5.92. The van der Waals surface area contributed by atoms with E-state index < -0.39 is 19.9 Å². The van der Waals surface area contributed by atoms with E-state index in [1.165, 1.54) is 11.3 Å². The molecule has 0 aliphatic heterocycles. The van der Waals surface area contributed by atoms with Gasteiger partial charge < -0.3 is 0 Å². The van der Waals surface area contributed by atoms with Crippen molar-refractivity contribution in [3.05, 3.63) is 58.3 Å². The first-order chi connectivity index (χ1) is 9.78. The van der Waals surface area contributed by atoms with Crippen molar-refractivity contribution in [3.63, 3.8) is 0 Å². The van der Waals surface area contributed by atoms with Gasteiger partial charge in [0.05, 0.1) is 5.75 Å². The third-order valence-electron chi connectivity index (χ3n) is 2.65. The van der Waals surface area contributed by atoms with Gasteiger partial charge >= 0.3 is 0 Å². The fraction of sp³-hybridized carbons (Fsp3) is 0.231. The van der Waals surface area contributed by atoms with Gasteiger partial charge in [-0.3, -0.25) is 0 Å². The summed E-state index contributed by atoms with van der Waals surface area (Å²) in [6, 6.07) is 11.4. The third kappa shape index (κ3) is 5.13. The Bertz CT molecular complexity index is 667. The van der Waals surface area contributed by atoms with E-state index >= 15 is 0 Å². The average Bonchev–Trinajstić information content (AvgIpc) is 2.89. The fourth-order valence-corrected chi connectivity index (χ4v) is 4.96. The Hall–Kier alpha value is -0.300. The van der Waals surface area contributed by atoms with Crippen LogP contribution in [0.2, 0.25) is 0 Å². The minimum atomic E-state index is -3.64. The van der Waals surface area contributed by atoms with E-state index in [4.69, 9.17) is 34.8 Å². The van der Waals surface area contributed by atoms with Gasteiger partial charge in [-0.05, 0) is 17.0 Å². The van der Waals surface area contributed by atoms with Gasteiger partial charge in [0, 0.05) is 4.88 Å². The standard InChI is InChI=1S/C13H12Cl3NO2S2/c14-13(15,16)12(11-7-4-8-20-11)17-21(18,19)9-10-5-2-1-3-6-10/h1-8,12,17H,9H2. The molecular weight excluding hydrogens is 373 g/mol. The molecule has 0 aliphatic carbocycles. The molecule has 0 amide bonds. The van der Waals surface area contributed by atoms with E-state index in [0.717, 1.165) is 0 Å². The smallest absolute Gasteiger partial charge is 0.212 e. The number of thiophene rings is 1. The quantitative estimate of drug-likeness (QED) is 0.782. The Labute approximate surface area is 142 Å². The largest absolute Gasteiger partial charge is 0.216 e. The summed E-state index contributed by atoms with van der Waals surface area (Å²) in [4.78, 5) is 0.645. The average molecular weight is 385 g/mol. The molecule has 114 valence electrons. The van der Waals surface area contributed by atoms with E-state index in [1.54, 1.807) is 41.8 Å². The van der Waals surface area contributed by atoms with Gasteiger partial charge in [-0.25, -0.2) is 13.1 Å². The summed E-state index contributed by atoms with van der Waals surface area (Å²) < 4.78 is 25.2. The third-order valence-corrected chi connectivity index (χ3v) is 5.55. The number of hydrogen-bond acceptors (Lipinski definition) is 3. The van der Waals surface area contributed by atoms with Gasteiger partial charge in [0.15, 0.2) is 0 Å². The lowest BCUT2D eigenvalue weighted by Gasteiger charge is -2.24. The Balaban J connectivity index is 2.20. The van der Waals surface area contributed by atoms with Crippen LogP contribution in [0.25, 0.3) is 0 Å². The number of sulfonamides is 1. The van der Waals surface area contributed by atoms with E-state index in [1.807, 2.05) is 6.07 Å². The predicted octanol–water partition coefficient (Wildman–Crippen LogP) is 4.28. The zero-order valence-corrected chi connectivity index (χ0v) is 14.6. The van der Waals surface area contributed by atoms with Crippen LogP contribution >= 0.6 is 46.1 Å². The second-order valence-corrected chi connectivity index (χ2v) is 9.45. The molecule has 3 nitrogen and oxygen atoms in total. The molecule has 1 atom stereocenters. The van der Waals surface area contributed by atoms with Crippen molar-refractivity contribution in [3.8, 4) is 0 Å². The number of benzene rings is 1. The SMILES string of the molecule is O=S(=O)(Cc1ccccc1)NC(c1cccs1)C(Cl)(Cl)Cl. The molecule has 1 unspecified atom stereocenters. The summed E-state index contributed by atoms with van der Waals surface area (Å²) in [6.45, 7) is 0. The lowest BCUT2D eigenvalue weighted by molar-refractivity contribution is 0.560. The molecule has 1 aromatic heterocycles. The van der Waals surface area contributed by atoms with Crippen molar-refractivity contribution in [1.29, 1.82) is 0 Å². The molecule has 21 heavy (non-hydrogen) atoms. The molecule has 1 aromatic carbocycles. The summed E-state index contributed by atoms with van der Waals surface area (Å²) in [5.41, 5.74) is 0.666. The van der Waals surface area contributed by atoms with Crippen molar-refractivity contribution in [2.24, 2.45) is 0 Å². The van der Waals surface area contributed by atoms with Crippen molar-refractivity contribution in [2.75, 3.05) is 0 Å². The molecule has 0 radical (unpaired) electrons. The predicted molar refractivity (Wildman–Crippen MR) is 89.6 cm³/mol. The van der Waals surface area contributed by atoms with E-state index in [-0.39, 0.29) is 5.75 Å². The van der Waals surface area contributed by atoms with Crippen LogP contribution in [0.1, 0.15) is 16.5 Å². The molecule has 0 fully saturated rings. The lowest BCUT2D eigenvalue weighted by Crippen LogP contribution is -2.36. The molecule has 0 saturated heterocycles. The topological polar surface area (TPSA) is 46.2 Å². The minimum absolute atomic E-state index is 0.170. The van der Waals surface area contributed by atoms with Crippen LogP contribution in [-0.4, -0.2) is 12.2 Å². The molecule has 0 aliphatic rings. The monoisotopic (exact) mass is 383 g/mol. The van der Waals surface area contributed by atoms with Crippen molar-refractivity contribution < 1.29 is 8.42 Å². The molecule has 1 N–H and O–H groups in total. The fourth-order valence-electron chi connectivity index (χ4n) is 1.76. The molecule has 0 saturated carbocycles. The Kier molecular flexibility index (Phi) is 5.57. The van der Waals surface area contributed by atoms with Gasteiger partial charge in [0.1, 0.15) is 6.04 Å². The van der Waals surface area contributed by atoms with Crippen LogP contribution < -0.4 is 4.72 Å². The number of hydrogen-bond donors (Lipinski definition) is 1. The maximum atomic E-state index is 12.3. The van der Waals surface area contributed by atoms with Crippen molar-refractivity contribution >= 4 is 56.2 Å². The van der Waals surface area contributed by atoms with Crippen LogP contribution in [-0.2, 0) is 15.8 Å². The number of rotatable bonds is 5. The molecule has 8 heteroatoms. The maximum Gasteiger partial charge on any atom is 0.216 e. The second-order valence-electron chi connectivity index (χ2n) is 4.35. The highest BCUT2D eigenvalue weighted by atomic mass is 35.6. The highest BCUT2D eigenvalue weighted by molar-refractivity contribution is 7.88. The summed E-state index contributed by atoms with van der Waals surface area (Å²) in [5.74, 6) is -0.170. The van der Waals surface area contributed by atoms with Gasteiger partial charge in [-0.15, -0.1) is 11.3 Å². The zero-order chi connectivity index (χ0) is 15.5. The minimum Gasteiger partial charge on any atom is -0.212 e. The lowest BCUT2D eigenvalue weighted by atomic mass is 10.2. The Morgan fingerprint density at radius 3 is 2.29 bits per heavy atom. The van der Waals surface area contributed by atoms with Gasteiger partial charge in [-0.2, -0.15) is 0 Å². The van der Waals surface area contributed by atoms with E-state index in [9.17, 15) is 8.42 Å². The maximum absolute atomic E-state index is 12.3. The summed E-state index contributed by atoms with van der Waals surface area (Å²) in [5, 5.41) is 1.80. The summed E-state index contributed by atoms with van der Waals surface area (Å²) in [7, 11) is -3.64. The van der Waals surface area contributed by atoms with Crippen LogP contribution in [0, 0.1) is 0 Å². The van der Waals surface area contributed by atoms with Crippen LogP contribution in [0.4, 0.5) is 0 Å². The van der Waals surface area contributed by atoms with Gasteiger partial charge in [0.2, 0.25) is 13.8 Å². The second kappa shape index (κ2) is 6.86. The summed E-state index contributed by atoms with van der Waals surface area (Å²) in [6.07, 6.45) is 0. The molecule has 2 aromatic rings. The summed E-state index contributed by atoms with van der Waals surface area (Å²) >= 11 is 19.1. The van der Waals surface area contributed by atoms with Gasteiger partial charge in [-0.1, -0.05) is 71.2 Å². The first kappa shape index (κ1) is 17.1. The van der Waals surface area contributed by atoms with Crippen LogP contribution in [0.5, 0.6) is 0 Å². The Morgan fingerprint density at radius 2 is 1.76 bits per heavy atom. The first-order valence-corrected chi connectivity index (χ1v) is 9.58. The van der Waals surface area contributed by atoms with E-state index in [2.05, 4.69) is 4.72 Å². The molecule has 0 spiro atoms. The number of nitrogens with one attached hydrogen (secondary N) is 1. The normalized spacial score (nSPS) is 14.0. The zero-order valence-electron chi connectivity index (χ0n) is 10.7. The van der Waals surface area contributed by atoms with Crippen LogP contribution in [0.3, 0.4) is 0 Å². The molecule has 2 rings (SSSR count). The molecular formula is C13H12Cl3NO2S2. The molecule has 0 bridgehead atoms. The van der Waals surface area contributed by atoms with Crippen molar-refractivity contribution in [2.45, 2.75) is 15.6 Å². The van der Waals surface area contributed by atoms with E-state index in [0.29, 0.717) is 10.4 Å². The number of halogens is 3. The Morgan fingerprint density at radius 1 is 1.10 bits per heavy atom. The molecule has 1 heterocycles. The highest BCUT2D eigenvalue weighted by Gasteiger charge is 2.37. The van der Waals surface area contributed by atoms with Crippen molar-refractivity contribution in [1.82, 2.24) is 4.72 Å². The highest BCUT2D eigenvalue weighted by Crippen LogP contribution is 2.41. The van der Waals surface area contributed by atoms with Crippen LogP contribution in [0.15, 0.2) is 47.8 Å².